The van der Waals surface area contributed by atoms with Crippen LogP contribution in [-0.4, -0.2) is 7.11 Å². The van der Waals surface area contributed by atoms with E-state index in [0.29, 0.717) is 17.9 Å². The molecule has 0 aliphatic heterocycles. The molecule has 20 heavy (non-hydrogen) atoms. The van der Waals surface area contributed by atoms with Crippen LogP contribution in [0, 0.1) is 17.5 Å². The maximum atomic E-state index is 13.7. The van der Waals surface area contributed by atoms with E-state index < -0.39 is 23.5 Å². The van der Waals surface area contributed by atoms with Crippen molar-refractivity contribution in [2.24, 2.45) is 5.73 Å². The molecule has 2 aromatic rings. The Morgan fingerprint density at radius 1 is 1.10 bits per heavy atom. The number of halogens is 3. The quantitative estimate of drug-likeness (QED) is 0.932. The number of rotatable bonds is 4. The van der Waals surface area contributed by atoms with Crippen molar-refractivity contribution in [1.82, 2.24) is 0 Å². The van der Waals surface area contributed by atoms with Gasteiger partial charge in [0.15, 0.2) is 0 Å². The summed E-state index contributed by atoms with van der Waals surface area (Å²) < 4.78 is 45.3. The van der Waals surface area contributed by atoms with E-state index >= 15 is 0 Å². The second-order valence-corrected chi connectivity index (χ2v) is 4.41. The third-order valence-corrected chi connectivity index (χ3v) is 3.05. The van der Waals surface area contributed by atoms with Gasteiger partial charge in [-0.3, -0.25) is 0 Å². The maximum absolute atomic E-state index is 13.7. The first-order chi connectivity index (χ1) is 9.52. The van der Waals surface area contributed by atoms with E-state index in [9.17, 15) is 13.2 Å². The van der Waals surface area contributed by atoms with E-state index in [1.165, 1.54) is 7.11 Å². The van der Waals surface area contributed by atoms with Crippen LogP contribution in [-0.2, 0) is 6.42 Å². The molecule has 0 aromatic heterocycles. The smallest absolute Gasteiger partial charge is 0.133 e. The molecule has 5 heteroatoms. The van der Waals surface area contributed by atoms with Crippen molar-refractivity contribution >= 4 is 0 Å². The lowest BCUT2D eigenvalue weighted by Gasteiger charge is -2.16. The van der Waals surface area contributed by atoms with Crippen molar-refractivity contribution in [3.05, 3.63) is 65.0 Å². The summed E-state index contributed by atoms with van der Waals surface area (Å²) in [6.45, 7) is 0. The lowest BCUT2D eigenvalue weighted by atomic mass is 9.98. The van der Waals surface area contributed by atoms with Crippen molar-refractivity contribution in [3.63, 3.8) is 0 Å². The van der Waals surface area contributed by atoms with Gasteiger partial charge in [0.1, 0.15) is 23.2 Å². The topological polar surface area (TPSA) is 35.2 Å². The molecule has 2 N–H and O–H groups in total. The maximum Gasteiger partial charge on any atom is 0.133 e. The summed E-state index contributed by atoms with van der Waals surface area (Å²) in [6, 6.07) is 7.39. The molecule has 0 aliphatic carbocycles. The minimum atomic E-state index is -0.982. The summed E-state index contributed by atoms with van der Waals surface area (Å²) in [5.74, 6) is -2.34. The molecule has 1 unspecified atom stereocenters. The van der Waals surface area contributed by atoms with Crippen molar-refractivity contribution in [1.29, 1.82) is 0 Å². The Hall–Kier alpha value is -2.01. The minimum Gasteiger partial charge on any atom is -0.496 e. The number of benzene rings is 2. The summed E-state index contributed by atoms with van der Waals surface area (Å²) >= 11 is 0. The van der Waals surface area contributed by atoms with Crippen molar-refractivity contribution in [2.45, 2.75) is 12.5 Å². The average Bonchev–Trinajstić information content (AvgIpc) is 2.38. The number of hydrogen-bond donors (Lipinski definition) is 1. The Bertz CT molecular complexity index is 593. The highest BCUT2D eigenvalue weighted by molar-refractivity contribution is 5.35. The molecule has 0 bridgehead atoms. The highest BCUT2D eigenvalue weighted by atomic mass is 19.1. The van der Waals surface area contributed by atoms with Gasteiger partial charge in [0.05, 0.1) is 7.11 Å². The van der Waals surface area contributed by atoms with Gasteiger partial charge in [-0.25, -0.2) is 13.2 Å². The molecule has 0 radical (unpaired) electrons. The van der Waals surface area contributed by atoms with E-state index in [1.54, 1.807) is 24.3 Å². The van der Waals surface area contributed by atoms with Gasteiger partial charge in [-0.05, 0) is 18.1 Å². The van der Waals surface area contributed by atoms with Gasteiger partial charge in [-0.2, -0.15) is 0 Å². The summed E-state index contributed by atoms with van der Waals surface area (Å²) in [5.41, 5.74) is 6.25. The third kappa shape index (κ3) is 2.93. The fraction of sp³-hybridized carbons (Fsp3) is 0.200. The molecule has 0 heterocycles. The van der Waals surface area contributed by atoms with Crippen LogP contribution in [0.5, 0.6) is 5.75 Å². The van der Waals surface area contributed by atoms with Gasteiger partial charge in [0.25, 0.3) is 0 Å². The normalized spacial score (nSPS) is 12.2. The Morgan fingerprint density at radius 3 is 2.30 bits per heavy atom. The van der Waals surface area contributed by atoms with Gasteiger partial charge in [0, 0.05) is 23.7 Å². The minimum absolute atomic E-state index is 0.184. The Morgan fingerprint density at radius 2 is 1.70 bits per heavy atom. The summed E-state index contributed by atoms with van der Waals surface area (Å²) in [4.78, 5) is 0. The molecule has 0 fully saturated rings. The first-order valence-corrected chi connectivity index (χ1v) is 6.05. The highest BCUT2D eigenvalue weighted by Crippen LogP contribution is 2.27. The van der Waals surface area contributed by atoms with Crippen LogP contribution in [0.2, 0.25) is 0 Å². The van der Waals surface area contributed by atoms with Gasteiger partial charge in [0.2, 0.25) is 0 Å². The van der Waals surface area contributed by atoms with E-state index in [2.05, 4.69) is 0 Å². The van der Waals surface area contributed by atoms with Gasteiger partial charge >= 0.3 is 0 Å². The van der Waals surface area contributed by atoms with Crippen LogP contribution >= 0.6 is 0 Å². The SMILES string of the molecule is COc1ccccc1CC(N)c1c(F)cc(F)cc1F. The molecular formula is C15H14F3NO. The molecule has 0 aliphatic rings. The first-order valence-electron chi connectivity index (χ1n) is 6.05. The zero-order valence-corrected chi connectivity index (χ0v) is 10.9. The third-order valence-electron chi connectivity index (χ3n) is 3.05. The predicted octanol–water partition coefficient (Wildman–Crippen LogP) is 3.36. The number of nitrogens with two attached hydrogens (primary N) is 1. The second-order valence-electron chi connectivity index (χ2n) is 4.41. The largest absolute Gasteiger partial charge is 0.496 e. The average molecular weight is 281 g/mol. The number of para-hydroxylation sites is 1. The van der Waals surface area contributed by atoms with Gasteiger partial charge < -0.3 is 10.5 Å². The van der Waals surface area contributed by atoms with E-state index in [1.807, 2.05) is 0 Å². The molecule has 0 amide bonds. The van der Waals surface area contributed by atoms with Crippen molar-refractivity contribution in [2.75, 3.05) is 7.11 Å². The van der Waals surface area contributed by atoms with Crippen LogP contribution in [0.1, 0.15) is 17.2 Å². The highest BCUT2D eigenvalue weighted by Gasteiger charge is 2.19. The Balaban J connectivity index is 2.31. The fourth-order valence-corrected chi connectivity index (χ4v) is 2.12. The van der Waals surface area contributed by atoms with Gasteiger partial charge in [-0.1, -0.05) is 18.2 Å². The molecule has 2 nitrogen and oxygen atoms in total. The molecule has 106 valence electrons. The van der Waals surface area contributed by atoms with Crippen LogP contribution in [0.3, 0.4) is 0 Å². The Kier molecular flexibility index (Phi) is 4.29. The lowest BCUT2D eigenvalue weighted by molar-refractivity contribution is 0.407. The van der Waals surface area contributed by atoms with Crippen LogP contribution in [0.4, 0.5) is 13.2 Å². The van der Waals surface area contributed by atoms with Crippen molar-refractivity contribution in [3.8, 4) is 5.75 Å². The van der Waals surface area contributed by atoms with Crippen LogP contribution in [0.25, 0.3) is 0 Å². The first kappa shape index (κ1) is 14.4. The summed E-state index contributed by atoms with van der Waals surface area (Å²) in [7, 11) is 1.50. The molecule has 0 saturated heterocycles. The fourth-order valence-electron chi connectivity index (χ4n) is 2.12. The second kappa shape index (κ2) is 5.96. The molecule has 2 rings (SSSR count). The van der Waals surface area contributed by atoms with Gasteiger partial charge in [-0.15, -0.1) is 0 Å². The van der Waals surface area contributed by atoms with Crippen LogP contribution < -0.4 is 10.5 Å². The predicted molar refractivity (Wildman–Crippen MR) is 69.9 cm³/mol. The molecule has 1 atom stereocenters. The van der Waals surface area contributed by atoms with E-state index in [-0.39, 0.29) is 12.0 Å². The lowest BCUT2D eigenvalue weighted by Crippen LogP contribution is -2.17. The molecule has 0 saturated carbocycles. The molecular weight excluding hydrogens is 267 g/mol. The standard InChI is InChI=1S/C15H14F3NO/c1-20-14-5-3-2-4-9(14)6-13(19)15-11(17)7-10(16)8-12(15)18/h2-5,7-8,13H,6,19H2,1H3. The number of hydrogen-bond acceptors (Lipinski definition) is 2. The summed E-state index contributed by atoms with van der Waals surface area (Å²) in [5, 5.41) is 0. The zero-order valence-electron chi connectivity index (χ0n) is 10.9. The van der Waals surface area contributed by atoms with E-state index in [4.69, 9.17) is 10.5 Å². The number of ether oxygens (including phenoxy) is 1. The summed E-state index contributed by atoms with van der Waals surface area (Å²) in [6.07, 6.45) is 0.184. The van der Waals surface area contributed by atoms with Crippen LogP contribution in [0.15, 0.2) is 36.4 Å². The molecule has 2 aromatic carbocycles. The van der Waals surface area contributed by atoms with E-state index in [0.717, 1.165) is 5.56 Å². The Labute approximate surface area is 115 Å². The molecule has 0 spiro atoms. The van der Waals surface area contributed by atoms with Crippen molar-refractivity contribution < 1.29 is 17.9 Å². The zero-order chi connectivity index (χ0) is 14.7. The monoisotopic (exact) mass is 281 g/mol. The number of methoxy groups -OCH3 is 1.